The number of ether oxygens (including phenoxy) is 2. The first kappa shape index (κ1) is 25.5. The summed E-state index contributed by atoms with van der Waals surface area (Å²) in [4.78, 5) is 19.6. The Morgan fingerprint density at radius 3 is 2.77 bits per heavy atom. The number of nitrogens with zero attached hydrogens (tertiary/aromatic N) is 7. The number of aromatic nitrogens is 2. The van der Waals surface area contributed by atoms with E-state index in [1.54, 1.807) is 0 Å². The maximum absolute atomic E-state index is 9.40. The van der Waals surface area contributed by atoms with Crippen LogP contribution in [0.3, 0.4) is 0 Å². The summed E-state index contributed by atoms with van der Waals surface area (Å²) in [7, 11) is 2.11. The van der Waals surface area contributed by atoms with Gasteiger partial charge in [-0.3, -0.25) is 9.80 Å². The van der Waals surface area contributed by atoms with Gasteiger partial charge in [-0.15, -0.1) is 0 Å². The number of morpholine rings is 1. The number of hydrogen-bond acceptors (Lipinski definition) is 9. The molecule has 2 aromatic carbocycles. The SMILES string of the molecule is CN1CCN(c2nc(OCCCN3CC4OC[C@H]43)nc3c2CCN(c2cccc4ccccc24)C3)CC1CC#N. The Bertz CT molecular complexity index is 1420. The van der Waals surface area contributed by atoms with E-state index in [0.29, 0.717) is 31.2 Å². The Labute approximate surface area is 235 Å². The van der Waals surface area contributed by atoms with E-state index in [1.807, 2.05) is 0 Å². The molecule has 208 valence electrons. The first-order valence-electron chi connectivity index (χ1n) is 14.6. The maximum Gasteiger partial charge on any atom is 0.318 e. The summed E-state index contributed by atoms with van der Waals surface area (Å²) in [5, 5.41) is 11.9. The van der Waals surface area contributed by atoms with Gasteiger partial charge in [0.25, 0.3) is 0 Å². The average Bonchev–Trinajstić information content (AvgIpc) is 2.97. The Morgan fingerprint density at radius 1 is 1.05 bits per heavy atom. The third-order valence-corrected chi connectivity index (χ3v) is 9.15. The van der Waals surface area contributed by atoms with Crippen molar-refractivity contribution in [3.05, 3.63) is 53.7 Å². The molecule has 9 nitrogen and oxygen atoms in total. The molecule has 2 unspecified atom stereocenters. The third kappa shape index (κ3) is 4.74. The molecule has 0 bridgehead atoms. The molecule has 4 aliphatic heterocycles. The summed E-state index contributed by atoms with van der Waals surface area (Å²) in [6.07, 6.45) is 2.80. The van der Waals surface area contributed by atoms with Crippen LogP contribution in [0.25, 0.3) is 10.8 Å². The van der Waals surface area contributed by atoms with Gasteiger partial charge >= 0.3 is 6.01 Å². The summed E-state index contributed by atoms with van der Waals surface area (Å²) >= 11 is 0. The van der Waals surface area contributed by atoms with Crippen LogP contribution in [0.15, 0.2) is 42.5 Å². The van der Waals surface area contributed by atoms with Crippen LogP contribution >= 0.6 is 0 Å². The fourth-order valence-corrected chi connectivity index (χ4v) is 6.62. The van der Waals surface area contributed by atoms with Gasteiger partial charge in [0.05, 0.1) is 50.1 Å². The Morgan fingerprint density at radius 2 is 1.95 bits per heavy atom. The molecule has 0 N–H and O–H groups in total. The number of likely N-dealkylation sites (N-methyl/N-ethyl adjacent to an activating group) is 1. The predicted octanol–water partition coefficient (Wildman–Crippen LogP) is 3.08. The lowest BCUT2D eigenvalue weighted by molar-refractivity contribution is -0.214. The molecule has 0 saturated carbocycles. The van der Waals surface area contributed by atoms with Crippen molar-refractivity contribution in [1.29, 1.82) is 5.26 Å². The number of anilines is 2. The lowest BCUT2D eigenvalue weighted by Gasteiger charge is -2.55. The van der Waals surface area contributed by atoms with Crippen LogP contribution in [0.2, 0.25) is 0 Å². The molecular formula is C31H37N7O2. The zero-order valence-electron chi connectivity index (χ0n) is 23.2. The minimum absolute atomic E-state index is 0.195. The van der Waals surface area contributed by atoms with Crippen LogP contribution in [0.1, 0.15) is 24.1 Å². The van der Waals surface area contributed by atoms with E-state index >= 15 is 0 Å². The highest BCUT2D eigenvalue weighted by molar-refractivity contribution is 5.94. The molecule has 3 saturated heterocycles. The number of piperazine rings is 1. The first-order chi connectivity index (χ1) is 19.7. The van der Waals surface area contributed by atoms with E-state index in [-0.39, 0.29) is 6.04 Å². The summed E-state index contributed by atoms with van der Waals surface area (Å²) < 4.78 is 11.8. The Hall–Kier alpha value is -3.45. The van der Waals surface area contributed by atoms with E-state index in [2.05, 4.69) is 75.2 Å². The van der Waals surface area contributed by atoms with Gasteiger partial charge in [-0.05, 0) is 31.3 Å². The fraction of sp³-hybridized carbons (Fsp3) is 0.516. The number of hydrogen-bond donors (Lipinski definition) is 0. The summed E-state index contributed by atoms with van der Waals surface area (Å²) in [6.45, 7) is 7.75. The summed E-state index contributed by atoms with van der Waals surface area (Å²) in [6, 6.07) is 18.8. The average molecular weight is 540 g/mol. The highest BCUT2D eigenvalue weighted by Crippen LogP contribution is 2.35. The highest BCUT2D eigenvalue weighted by atomic mass is 16.5. The van der Waals surface area contributed by atoms with Crippen molar-refractivity contribution in [3.63, 3.8) is 0 Å². The predicted molar refractivity (Wildman–Crippen MR) is 155 cm³/mol. The number of rotatable bonds is 8. The molecule has 0 spiro atoms. The van der Waals surface area contributed by atoms with Crippen LogP contribution in [-0.2, 0) is 17.7 Å². The number of benzene rings is 2. The van der Waals surface area contributed by atoms with Crippen molar-refractivity contribution in [1.82, 2.24) is 19.8 Å². The molecular weight excluding hydrogens is 502 g/mol. The zero-order chi connectivity index (χ0) is 27.1. The molecule has 0 aliphatic carbocycles. The second-order valence-electron chi connectivity index (χ2n) is 11.5. The highest BCUT2D eigenvalue weighted by Gasteiger charge is 2.46. The van der Waals surface area contributed by atoms with Crippen molar-refractivity contribution in [2.45, 2.75) is 44.0 Å². The van der Waals surface area contributed by atoms with Gasteiger partial charge < -0.3 is 19.3 Å². The molecule has 7 rings (SSSR count). The molecule has 0 radical (unpaired) electrons. The van der Waals surface area contributed by atoms with Gasteiger partial charge in [0.2, 0.25) is 0 Å². The first-order valence-corrected chi connectivity index (χ1v) is 14.6. The van der Waals surface area contributed by atoms with Crippen LogP contribution in [0.5, 0.6) is 6.01 Å². The summed E-state index contributed by atoms with van der Waals surface area (Å²) in [5.74, 6) is 0.991. The van der Waals surface area contributed by atoms with Crippen molar-refractivity contribution >= 4 is 22.3 Å². The quantitative estimate of drug-likeness (QED) is 0.401. The third-order valence-electron chi connectivity index (χ3n) is 9.15. The second kappa shape index (κ2) is 10.8. The smallest absolute Gasteiger partial charge is 0.318 e. The summed E-state index contributed by atoms with van der Waals surface area (Å²) in [5.41, 5.74) is 3.51. The van der Waals surface area contributed by atoms with Crippen molar-refractivity contribution in [2.24, 2.45) is 0 Å². The van der Waals surface area contributed by atoms with Gasteiger partial charge in [-0.2, -0.15) is 15.2 Å². The largest absolute Gasteiger partial charge is 0.463 e. The maximum atomic E-state index is 9.40. The van der Waals surface area contributed by atoms with Crippen molar-refractivity contribution < 1.29 is 9.47 Å². The van der Waals surface area contributed by atoms with E-state index < -0.39 is 0 Å². The molecule has 4 aliphatic rings. The number of fused-ring (bicyclic) bond motifs is 3. The molecule has 9 heteroatoms. The van der Waals surface area contributed by atoms with Crippen molar-refractivity contribution in [3.8, 4) is 12.1 Å². The molecule has 3 aromatic rings. The Balaban J connectivity index is 1.14. The van der Waals surface area contributed by atoms with Gasteiger partial charge in [-0.1, -0.05) is 36.4 Å². The minimum atomic E-state index is 0.195. The lowest BCUT2D eigenvalue weighted by Crippen LogP contribution is -2.70. The van der Waals surface area contributed by atoms with Gasteiger partial charge in [0.15, 0.2) is 0 Å². The molecule has 5 heterocycles. The Kier molecular flexibility index (Phi) is 6.92. The van der Waals surface area contributed by atoms with E-state index in [0.717, 1.165) is 76.8 Å². The van der Waals surface area contributed by atoms with Crippen LogP contribution in [0, 0.1) is 11.3 Å². The molecule has 40 heavy (non-hydrogen) atoms. The van der Waals surface area contributed by atoms with Crippen molar-refractivity contribution in [2.75, 3.05) is 69.3 Å². The fourth-order valence-electron chi connectivity index (χ4n) is 6.62. The molecule has 0 amide bonds. The van der Waals surface area contributed by atoms with E-state index in [4.69, 9.17) is 19.4 Å². The van der Waals surface area contributed by atoms with E-state index in [1.165, 1.54) is 22.0 Å². The van der Waals surface area contributed by atoms with Crippen LogP contribution < -0.4 is 14.5 Å². The molecule has 1 aromatic heterocycles. The molecule has 3 atom stereocenters. The number of nitriles is 1. The van der Waals surface area contributed by atoms with Gasteiger partial charge in [-0.25, -0.2) is 0 Å². The lowest BCUT2D eigenvalue weighted by atomic mass is 9.95. The van der Waals surface area contributed by atoms with Gasteiger partial charge in [0.1, 0.15) is 5.82 Å². The zero-order valence-corrected chi connectivity index (χ0v) is 23.2. The van der Waals surface area contributed by atoms with E-state index in [9.17, 15) is 5.26 Å². The monoisotopic (exact) mass is 539 g/mol. The second-order valence-corrected chi connectivity index (χ2v) is 11.5. The minimum Gasteiger partial charge on any atom is -0.463 e. The molecule has 3 fully saturated rings. The van der Waals surface area contributed by atoms with Gasteiger partial charge in [0, 0.05) is 61.9 Å². The topological polar surface area (TPSA) is 81.0 Å². The normalized spacial score (nSPS) is 24.6. The standard InChI is InChI=1S/C31H37N7O2/c1-35-15-16-38(18-23(35)10-12-32)30-25-11-14-37(27-9-4-7-22-6-2-3-8-24(22)27)19-26(25)33-31(34-30)39-17-5-13-36-20-29-28(36)21-40-29/h2-4,6-9,23,28-29H,5,10-11,13-21H2,1H3/t23?,28-,29?/m1/s1. The number of likely N-dealkylation sites (tertiary alicyclic amines) is 1. The van der Waals surface area contributed by atoms with Crippen LogP contribution in [-0.4, -0.2) is 97.5 Å². The van der Waals surface area contributed by atoms with Crippen LogP contribution in [0.4, 0.5) is 11.5 Å².